The molecule has 0 aromatic carbocycles. The summed E-state index contributed by atoms with van der Waals surface area (Å²) in [4.78, 5) is 4.05. The van der Waals surface area contributed by atoms with Crippen LogP contribution in [0.3, 0.4) is 0 Å². The van der Waals surface area contributed by atoms with Crippen LogP contribution in [-0.2, 0) is 22.3 Å². The number of aromatic nitrogens is 2. The third-order valence-electron chi connectivity index (χ3n) is 2.14. The molecule has 6 heteroatoms. The Morgan fingerprint density at radius 1 is 1.53 bits per heavy atom. The molecule has 0 fully saturated rings. The third-order valence-corrected chi connectivity index (χ3v) is 4.20. The monoisotopic (exact) mass is 250 g/mol. The lowest BCUT2D eigenvalue weighted by Crippen LogP contribution is -2.10. The van der Waals surface area contributed by atoms with E-state index >= 15 is 0 Å². The van der Waals surface area contributed by atoms with Gasteiger partial charge in [0.05, 0.1) is 23.7 Å². The molecular formula is C9H15ClN2O2S. The zero-order chi connectivity index (χ0) is 11.3. The smallest absolute Gasteiger partial charge is 0.150 e. The highest BCUT2D eigenvalue weighted by Gasteiger charge is 2.06. The van der Waals surface area contributed by atoms with E-state index in [0.29, 0.717) is 18.8 Å². The fourth-order valence-corrected chi connectivity index (χ4v) is 2.20. The topological polar surface area (TPSA) is 52.0 Å². The van der Waals surface area contributed by atoms with Gasteiger partial charge in [-0.2, -0.15) is 0 Å². The van der Waals surface area contributed by atoms with Crippen LogP contribution in [0.1, 0.15) is 19.0 Å². The van der Waals surface area contributed by atoms with Crippen LogP contribution in [0.25, 0.3) is 0 Å². The van der Waals surface area contributed by atoms with Crippen molar-refractivity contribution in [3.63, 3.8) is 0 Å². The molecule has 1 rings (SSSR count). The van der Waals surface area contributed by atoms with Gasteiger partial charge in [0, 0.05) is 18.5 Å². The number of nitrogens with zero attached hydrogens (tertiary/aromatic N) is 2. The standard InChI is InChI=1S/C9H15ClN2O2S/c1-2-15(13,14)5-3-4-12-7-9(6-10)11-8-12/h7-8H,2-6H2,1H3. The zero-order valence-corrected chi connectivity index (χ0v) is 10.3. The van der Waals surface area contributed by atoms with Gasteiger partial charge in [0.25, 0.3) is 0 Å². The van der Waals surface area contributed by atoms with Crippen LogP contribution in [0.4, 0.5) is 0 Å². The first-order valence-electron chi connectivity index (χ1n) is 4.84. The van der Waals surface area contributed by atoms with E-state index in [2.05, 4.69) is 4.98 Å². The molecular weight excluding hydrogens is 236 g/mol. The molecule has 0 N–H and O–H groups in total. The predicted molar refractivity (Wildman–Crippen MR) is 60.7 cm³/mol. The molecule has 1 aromatic heterocycles. The van der Waals surface area contributed by atoms with Crippen molar-refractivity contribution in [3.05, 3.63) is 18.2 Å². The average Bonchev–Trinajstić information content (AvgIpc) is 2.66. The highest BCUT2D eigenvalue weighted by atomic mass is 35.5. The van der Waals surface area contributed by atoms with Crippen molar-refractivity contribution < 1.29 is 8.42 Å². The molecule has 0 saturated heterocycles. The van der Waals surface area contributed by atoms with Gasteiger partial charge in [-0.3, -0.25) is 0 Å². The first kappa shape index (κ1) is 12.5. The van der Waals surface area contributed by atoms with Crippen molar-refractivity contribution in [2.45, 2.75) is 25.8 Å². The fourth-order valence-electron chi connectivity index (χ4n) is 1.21. The number of imidazole rings is 1. The van der Waals surface area contributed by atoms with E-state index in [0.717, 1.165) is 5.69 Å². The van der Waals surface area contributed by atoms with Crippen molar-refractivity contribution in [2.24, 2.45) is 0 Å². The molecule has 0 unspecified atom stereocenters. The Morgan fingerprint density at radius 2 is 2.27 bits per heavy atom. The molecule has 0 amide bonds. The number of hydrogen-bond acceptors (Lipinski definition) is 3. The van der Waals surface area contributed by atoms with E-state index in [1.165, 1.54) is 0 Å². The Balaban J connectivity index is 2.38. The second-order valence-electron chi connectivity index (χ2n) is 3.33. The van der Waals surface area contributed by atoms with Crippen LogP contribution >= 0.6 is 11.6 Å². The van der Waals surface area contributed by atoms with Gasteiger partial charge in [0.2, 0.25) is 0 Å². The maximum absolute atomic E-state index is 11.2. The number of rotatable bonds is 6. The van der Waals surface area contributed by atoms with Gasteiger partial charge in [0.1, 0.15) is 9.84 Å². The van der Waals surface area contributed by atoms with Gasteiger partial charge in [-0.25, -0.2) is 13.4 Å². The van der Waals surface area contributed by atoms with E-state index < -0.39 is 9.84 Å². The Bertz CT molecular complexity index is 400. The molecule has 0 aliphatic carbocycles. The quantitative estimate of drug-likeness (QED) is 0.718. The summed E-state index contributed by atoms with van der Waals surface area (Å²) in [6.45, 7) is 2.33. The minimum Gasteiger partial charge on any atom is -0.337 e. The number of hydrogen-bond donors (Lipinski definition) is 0. The third kappa shape index (κ3) is 4.22. The molecule has 86 valence electrons. The Hall–Kier alpha value is -0.550. The van der Waals surface area contributed by atoms with Gasteiger partial charge in [0.15, 0.2) is 0 Å². The summed E-state index contributed by atoms with van der Waals surface area (Å²) in [5, 5.41) is 0. The average molecular weight is 251 g/mol. The lowest BCUT2D eigenvalue weighted by Gasteiger charge is -2.02. The second kappa shape index (κ2) is 5.51. The molecule has 0 bridgehead atoms. The van der Waals surface area contributed by atoms with Gasteiger partial charge in [-0.05, 0) is 6.42 Å². The van der Waals surface area contributed by atoms with Crippen LogP contribution in [0.15, 0.2) is 12.5 Å². The Morgan fingerprint density at radius 3 is 2.80 bits per heavy atom. The highest BCUT2D eigenvalue weighted by Crippen LogP contribution is 2.02. The molecule has 0 saturated carbocycles. The van der Waals surface area contributed by atoms with Crippen LogP contribution in [0.5, 0.6) is 0 Å². The fraction of sp³-hybridized carbons (Fsp3) is 0.667. The molecule has 1 aromatic rings. The molecule has 0 spiro atoms. The number of aryl methyl sites for hydroxylation is 1. The van der Waals surface area contributed by atoms with E-state index in [1.807, 2.05) is 10.8 Å². The summed E-state index contributed by atoms with van der Waals surface area (Å²) in [6, 6.07) is 0. The van der Waals surface area contributed by atoms with Crippen LogP contribution in [-0.4, -0.2) is 29.5 Å². The SMILES string of the molecule is CCS(=O)(=O)CCCn1cnc(CCl)c1. The first-order chi connectivity index (χ1) is 7.07. The van der Waals surface area contributed by atoms with E-state index in [4.69, 9.17) is 11.6 Å². The summed E-state index contributed by atoms with van der Waals surface area (Å²) in [5.74, 6) is 0.835. The molecule has 0 aliphatic rings. The summed E-state index contributed by atoms with van der Waals surface area (Å²) in [7, 11) is -2.85. The summed E-state index contributed by atoms with van der Waals surface area (Å²) < 4.78 is 24.3. The largest absolute Gasteiger partial charge is 0.337 e. The zero-order valence-electron chi connectivity index (χ0n) is 8.69. The first-order valence-corrected chi connectivity index (χ1v) is 7.20. The maximum atomic E-state index is 11.2. The minimum absolute atomic E-state index is 0.212. The van der Waals surface area contributed by atoms with Gasteiger partial charge >= 0.3 is 0 Å². The Kier molecular flexibility index (Phi) is 4.60. The molecule has 4 nitrogen and oxygen atoms in total. The summed E-state index contributed by atoms with van der Waals surface area (Å²) in [6.07, 6.45) is 4.14. The second-order valence-corrected chi connectivity index (χ2v) is 6.07. The Labute approximate surface area is 95.2 Å². The van der Waals surface area contributed by atoms with E-state index in [9.17, 15) is 8.42 Å². The predicted octanol–water partition coefficient (Wildman–Crippen LogP) is 1.45. The van der Waals surface area contributed by atoms with Crippen molar-refractivity contribution in [2.75, 3.05) is 11.5 Å². The van der Waals surface area contributed by atoms with Crippen molar-refractivity contribution in [1.29, 1.82) is 0 Å². The van der Waals surface area contributed by atoms with Crippen molar-refractivity contribution in [3.8, 4) is 0 Å². The molecule has 0 radical (unpaired) electrons. The van der Waals surface area contributed by atoms with Crippen LogP contribution in [0, 0.1) is 0 Å². The van der Waals surface area contributed by atoms with Crippen LogP contribution in [0.2, 0.25) is 0 Å². The van der Waals surface area contributed by atoms with Crippen molar-refractivity contribution >= 4 is 21.4 Å². The molecule has 0 atom stereocenters. The summed E-state index contributed by atoms with van der Waals surface area (Å²) in [5.41, 5.74) is 0.815. The minimum atomic E-state index is -2.85. The van der Waals surface area contributed by atoms with Crippen LogP contribution < -0.4 is 0 Å². The van der Waals surface area contributed by atoms with Gasteiger partial charge < -0.3 is 4.57 Å². The highest BCUT2D eigenvalue weighted by molar-refractivity contribution is 7.91. The lowest BCUT2D eigenvalue weighted by atomic mass is 10.5. The number of sulfone groups is 1. The van der Waals surface area contributed by atoms with Gasteiger partial charge in [-0.15, -0.1) is 11.6 Å². The normalized spacial score (nSPS) is 11.9. The molecule has 0 aliphatic heterocycles. The van der Waals surface area contributed by atoms with E-state index in [1.54, 1.807) is 13.3 Å². The maximum Gasteiger partial charge on any atom is 0.150 e. The van der Waals surface area contributed by atoms with E-state index in [-0.39, 0.29) is 11.5 Å². The summed E-state index contributed by atoms with van der Waals surface area (Å²) >= 11 is 5.60. The molecule has 15 heavy (non-hydrogen) atoms. The molecule has 1 heterocycles. The number of halogens is 1. The van der Waals surface area contributed by atoms with Gasteiger partial charge in [-0.1, -0.05) is 6.92 Å². The number of alkyl halides is 1. The lowest BCUT2D eigenvalue weighted by molar-refractivity contribution is 0.587. The van der Waals surface area contributed by atoms with Crippen molar-refractivity contribution in [1.82, 2.24) is 9.55 Å².